The van der Waals surface area contributed by atoms with Crippen LogP contribution >= 0.6 is 0 Å². The highest BCUT2D eigenvalue weighted by Crippen LogP contribution is 2.34. The standard InChI is InChI=1S/C35H46F3N7/c1-9-12-30(21-33(39-8)40-11-3)45-34(16-25(7)44-45)43-32-20-29(15-14-24(32)6)42-31(13-10-2)27-17-26(22-41-23(4)5)18-28(19-27)35(36,37)38/h11-21,23,39,41-43H,9-10,22H2,1-8H3/b30-12-,31-13-,33-21-,40-11-. The molecule has 10 heteroatoms. The lowest BCUT2D eigenvalue weighted by Crippen LogP contribution is -2.22. The quantitative estimate of drug-likeness (QED) is 0.107. The van der Waals surface area contributed by atoms with E-state index in [0.717, 1.165) is 40.6 Å². The first-order valence-corrected chi connectivity index (χ1v) is 15.3. The number of allylic oxidation sites excluding steroid dienone is 4. The number of rotatable bonds is 14. The molecule has 0 bridgehead atoms. The Bertz CT molecular complexity index is 1560. The van der Waals surface area contributed by atoms with Gasteiger partial charge in [-0.15, -0.1) is 0 Å². The van der Waals surface area contributed by atoms with Crippen molar-refractivity contribution in [1.82, 2.24) is 20.4 Å². The topological polar surface area (TPSA) is 78.3 Å². The van der Waals surface area contributed by atoms with Gasteiger partial charge in [0.05, 0.1) is 17.0 Å². The van der Waals surface area contributed by atoms with Crippen molar-refractivity contribution in [2.24, 2.45) is 4.99 Å². The monoisotopic (exact) mass is 621 g/mol. The number of hydrogen-bond donors (Lipinski definition) is 4. The summed E-state index contributed by atoms with van der Waals surface area (Å²) in [6, 6.07) is 12.2. The number of aromatic nitrogens is 2. The summed E-state index contributed by atoms with van der Waals surface area (Å²) in [4.78, 5) is 4.39. The Hall–Kier alpha value is -4.31. The van der Waals surface area contributed by atoms with E-state index >= 15 is 0 Å². The number of alkyl halides is 3. The molecular weight excluding hydrogens is 575 g/mol. The van der Waals surface area contributed by atoms with Crippen LogP contribution in [0.3, 0.4) is 0 Å². The van der Waals surface area contributed by atoms with Gasteiger partial charge in [-0.2, -0.15) is 18.3 Å². The Morgan fingerprint density at radius 3 is 2.38 bits per heavy atom. The first-order valence-electron chi connectivity index (χ1n) is 15.3. The molecule has 242 valence electrons. The molecule has 0 aliphatic rings. The maximum atomic E-state index is 13.9. The van der Waals surface area contributed by atoms with Crippen molar-refractivity contribution >= 4 is 34.8 Å². The van der Waals surface area contributed by atoms with E-state index in [2.05, 4.69) is 39.3 Å². The molecule has 0 saturated heterocycles. The molecule has 2 aromatic carbocycles. The zero-order valence-electron chi connectivity index (χ0n) is 27.5. The SMILES string of the molecule is C\C=N/C(=C\C(=C\CC)n1nc(C)cc1Nc1cc(N/C(=C\CC)c2cc(CNC(C)C)cc(C(F)(F)F)c2)ccc1C)NC. The summed E-state index contributed by atoms with van der Waals surface area (Å²) in [5.74, 6) is 1.47. The number of nitrogens with one attached hydrogen (secondary N) is 4. The molecule has 0 aliphatic heterocycles. The van der Waals surface area contributed by atoms with Crippen LogP contribution in [-0.2, 0) is 12.7 Å². The highest BCUT2D eigenvalue weighted by Gasteiger charge is 2.31. The number of aryl methyl sites for hydroxylation is 2. The second-order valence-corrected chi connectivity index (χ2v) is 11.0. The molecule has 1 heterocycles. The zero-order chi connectivity index (χ0) is 33.1. The number of aliphatic imine (C=N–C) groups is 1. The molecule has 1 aromatic heterocycles. The molecule has 0 atom stereocenters. The minimum Gasteiger partial charge on any atom is -0.373 e. The van der Waals surface area contributed by atoms with Crippen LogP contribution in [0.2, 0.25) is 0 Å². The van der Waals surface area contributed by atoms with Gasteiger partial charge in [0.25, 0.3) is 0 Å². The van der Waals surface area contributed by atoms with E-state index in [1.165, 1.54) is 12.1 Å². The zero-order valence-corrected chi connectivity index (χ0v) is 27.5. The lowest BCUT2D eigenvalue weighted by atomic mass is 10.0. The van der Waals surface area contributed by atoms with E-state index in [-0.39, 0.29) is 6.04 Å². The lowest BCUT2D eigenvalue weighted by molar-refractivity contribution is -0.137. The smallest absolute Gasteiger partial charge is 0.373 e. The molecular formula is C35H46F3N7. The first kappa shape index (κ1) is 35.2. The van der Waals surface area contributed by atoms with Gasteiger partial charge in [0, 0.05) is 55.1 Å². The fourth-order valence-corrected chi connectivity index (χ4v) is 4.66. The van der Waals surface area contributed by atoms with Crippen LogP contribution in [0.4, 0.5) is 30.4 Å². The van der Waals surface area contributed by atoms with Crippen LogP contribution in [-0.4, -0.2) is 29.1 Å². The van der Waals surface area contributed by atoms with Crippen LogP contribution in [0.1, 0.15) is 75.4 Å². The van der Waals surface area contributed by atoms with Gasteiger partial charge in [-0.25, -0.2) is 9.67 Å². The predicted molar refractivity (Wildman–Crippen MR) is 183 cm³/mol. The van der Waals surface area contributed by atoms with Crippen LogP contribution in [0.5, 0.6) is 0 Å². The third-order valence-electron chi connectivity index (χ3n) is 6.83. The third-order valence-corrected chi connectivity index (χ3v) is 6.83. The highest BCUT2D eigenvalue weighted by atomic mass is 19.4. The summed E-state index contributed by atoms with van der Waals surface area (Å²) in [6.07, 6.45) is 4.63. The van der Waals surface area contributed by atoms with E-state index in [4.69, 9.17) is 5.10 Å². The molecule has 0 aliphatic carbocycles. The normalized spacial score (nSPS) is 13.2. The van der Waals surface area contributed by atoms with Gasteiger partial charge in [-0.05, 0) is 80.6 Å². The van der Waals surface area contributed by atoms with Gasteiger partial charge in [0.2, 0.25) is 0 Å². The Labute approximate surface area is 265 Å². The Morgan fingerprint density at radius 1 is 1.02 bits per heavy atom. The van der Waals surface area contributed by atoms with Crippen LogP contribution in [0, 0.1) is 13.8 Å². The van der Waals surface area contributed by atoms with Gasteiger partial charge < -0.3 is 21.3 Å². The minimum atomic E-state index is -4.46. The van der Waals surface area contributed by atoms with Crippen LogP contribution < -0.4 is 21.3 Å². The van der Waals surface area contributed by atoms with E-state index in [1.54, 1.807) is 6.21 Å². The van der Waals surface area contributed by atoms with Crippen molar-refractivity contribution in [3.63, 3.8) is 0 Å². The lowest BCUT2D eigenvalue weighted by Gasteiger charge is -2.18. The predicted octanol–water partition coefficient (Wildman–Crippen LogP) is 9.03. The van der Waals surface area contributed by atoms with Crippen molar-refractivity contribution in [2.45, 2.75) is 80.1 Å². The molecule has 0 spiro atoms. The van der Waals surface area contributed by atoms with E-state index in [1.807, 2.05) is 95.8 Å². The maximum Gasteiger partial charge on any atom is 0.416 e. The van der Waals surface area contributed by atoms with Crippen molar-refractivity contribution in [3.8, 4) is 0 Å². The third kappa shape index (κ3) is 10.1. The number of hydrogen-bond acceptors (Lipinski definition) is 6. The summed E-state index contributed by atoms with van der Waals surface area (Å²) < 4.78 is 43.6. The van der Waals surface area contributed by atoms with Crippen molar-refractivity contribution in [3.05, 3.63) is 94.5 Å². The van der Waals surface area contributed by atoms with Gasteiger partial charge in [-0.3, -0.25) is 0 Å². The summed E-state index contributed by atoms with van der Waals surface area (Å²) in [7, 11) is 1.82. The van der Waals surface area contributed by atoms with E-state index in [9.17, 15) is 13.2 Å². The molecule has 0 unspecified atom stereocenters. The van der Waals surface area contributed by atoms with Crippen LogP contribution in [0.25, 0.3) is 11.4 Å². The molecule has 0 fully saturated rings. The van der Waals surface area contributed by atoms with Crippen molar-refractivity contribution in [1.29, 1.82) is 0 Å². The number of halogens is 3. The van der Waals surface area contributed by atoms with Gasteiger partial charge in [0.1, 0.15) is 11.6 Å². The largest absolute Gasteiger partial charge is 0.416 e. The summed E-state index contributed by atoms with van der Waals surface area (Å²) in [6.45, 7) is 14.1. The average Bonchev–Trinajstić information content (AvgIpc) is 3.35. The maximum absolute atomic E-state index is 13.9. The molecule has 3 rings (SSSR count). The van der Waals surface area contributed by atoms with Gasteiger partial charge in [-0.1, -0.05) is 45.9 Å². The van der Waals surface area contributed by atoms with E-state index < -0.39 is 11.7 Å². The first-order chi connectivity index (χ1) is 21.4. The molecule has 0 saturated carbocycles. The molecule has 3 aromatic rings. The highest BCUT2D eigenvalue weighted by molar-refractivity contribution is 5.80. The minimum absolute atomic E-state index is 0.144. The fraction of sp³-hybridized carbons (Fsp3) is 0.371. The van der Waals surface area contributed by atoms with Crippen molar-refractivity contribution < 1.29 is 13.2 Å². The Balaban J connectivity index is 2.00. The Morgan fingerprint density at radius 2 is 1.76 bits per heavy atom. The molecule has 0 amide bonds. The average molecular weight is 622 g/mol. The van der Waals surface area contributed by atoms with Gasteiger partial charge >= 0.3 is 6.18 Å². The molecule has 7 nitrogen and oxygen atoms in total. The number of benzene rings is 2. The van der Waals surface area contributed by atoms with Crippen LogP contribution in [0.15, 0.2) is 71.5 Å². The second-order valence-electron chi connectivity index (χ2n) is 11.0. The summed E-state index contributed by atoms with van der Waals surface area (Å²) in [5.41, 5.74) is 5.26. The molecule has 45 heavy (non-hydrogen) atoms. The Kier molecular flexibility index (Phi) is 12.6. The fourth-order valence-electron chi connectivity index (χ4n) is 4.66. The van der Waals surface area contributed by atoms with Gasteiger partial charge in [0.15, 0.2) is 0 Å². The second kappa shape index (κ2) is 16.1. The molecule has 0 radical (unpaired) electrons. The number of nitrogens with zero attached hydrogens (tertiary/aromatic N) is 3. The molecule has 4 N–H and O–H groups in total. The van der Waals surface area contributed by atoms with E-state index in [0.29, 0.717) is 35.6 Å². The van der Waals surface area contributed by atoms with Crippen molar-refractivity contribution in [2.75, 3.05) is 17.7 Å². The summed E-state index contributed by atoms with van der Waals surface area (Å²) in [5, 5.41) is 18.0. The number of anilines is 3. The summed E-state index contributed by atoms with van der Waals surface area (Å²) >= 11 is 0.